The molecule has 0 amide bonds. The largest absolute Gasteiger partial charge is 0.206 e. The zero-order chi connectivity index (χ0) is 13.0. The van der Waals surface area contributed by atoms with Crippen LogP contribution < -0.4 is 0 Å². The first-order valence-electron chi connectivity index (χ1n) is 6.04. The van der Waals surface area contributed by atoms with Crippen molar-refractivity contribution in [1.82, 2.24) is 0 Å². The highest BCUT2D eigenvalue weighted by Crippen LogP contribution is 2.26. The SMILES string of the molecule is CCCc1cccc(-c2cccc(C#N)c2)c1F. The molecule has 90 valence electrons. The molecule has 0 saturated heterocycles. The highest BCUT2D eigenvalue weighted by molar-refractivity contribution is 5.66. The second kappa shape index (κ2) is 5.46. The van der Waals surface area contributed by atoms with Crippen LogP contribution in [0.25, 0.3) is 11.1 Å². The third-order valence-electron chi connectivity index (χ3n) is 2.90. The van der Waals surface area contributed by atoms with Gasteiger partial charge in [0, 0.05) is 5.56 Å². The first-order valence-corrected chi connectivity index (χ1v) is 6.04. The molecule has 0 atom stereocenters. The van der Waals surface area contributed by atoms with Crippen LogP contribution in [0.5, 0.6) is 0 Å². The van der Waals surface area contributed by atoms with Crippen molar-refractivity contribution >= 4 is 0 Å². The van der Waals surface area contributed by atoms with Gasteiger partial charge in [0.05, 0.1) is 11.6 Å². The molecule has 0 bridgehead atoms. The molecule has 2 heteroatoms. The summed E-state index contributed by atoms with van der Waals surface area (Å²) >= 11 is 0. The smallest absolute Gasteiger partial charge is 0.134 e. The zero-order valence-corrected chi connectivity index (χ0v) is 10.3. The number of nitriles is 1. The van der Waals surface area contributed by atoms with E-state index < -0.39 is 0 Å². The Morgan fingerprint density at radius 3 is 2.67 bits per heavy atom. The Morgan fingerprint density at radius 1 is 1.17 bits per heavy atom. The van der Waals surface area contributed by atoms with Crippen LogP contribution in [-0.4, -0.2) is 0 Å². The normalized spacial score (nSPS) is 10.1. The monoisotopic (exact) mass is 239 g/mol. The summed E-state index contributed by atoms with van der Waals surface area (Å²) in [5.41, 5.74) is 2.60. The summed E-state index contributed by atoms with van der Waals surface area (Å²) in [6.07, 6.45) is 1.65. The lowest BCUT2D eigenvalue weighted by Gasteiger charge is -2.08. The van der Waals surface area contributed by atoms with Crippen molar-refractivity contribution < 1.29 is 4.39 Å². The minimum Gasteiger partial charge on any atom is -0.206 e. The molecule has 0 saturated carbocycles. The molecule has 2 rings (SSSR count). The van der Waals surface area contributed by atoms with Crippen LogP contribution in [0.4, 0.5) is 4.39 Å². The molecule has 0 fully saturated rings. The minimum atomic E-state index is -0.172. The minimum absolute atomic E-state index is 0.172. The summed E-state index contributed by atoms with van der Waals surface area (Å²) in [7, 11) is 0. The highest BCUT2D eigenvalue weighted by atomic mass is 19.1. The van der Waals surface area contributed by atoms with Gasteiger partial charge in [0.25, 0.3) is 0 Å². The Kier molecular flexibility index (Phi) is 3.74. The number of benzene rings is 2. The summed E-state index contributed by atoms with van der Waals surface area (Å²) in [6.45, 7) is 2.03. The Bertz CT molecular complexity index is 596. The topological polar surface area (TPSA) is 23.8 Å². The van der Waals surface area contributed by atoms with E-state index in [2.05, 4.69) is 6.07 Å². The van der Waals surface area contributed by atoms with Gasteiger partial charge in [-0.15, -0.1) is 0 Å². The van der Waals surface area contributed by atoms with Crippen LogP contribution in [0.3, 0.4) is 0 Å². The maximum Gasteiger partial charge on any atom is 0.134 e. The molecule has 18 heavy (non-hydrogen) atoms. The van der Waals surface area contributed by atoms with E-state index in [9.17, 15) is 4.39 Å². The maximum atomic E-state index is 14.3. The fourth-order valence-corrected chi connectivity index (χ4v) is 2.02. The van der Waals surface area contributed by atoms with Crippen molar-refractivity contribution in [2.75, 3.05) is 0 Å². The summed E-state index contributed by atoms with van der Waals surface area (Å²) in [5.74, 6) is -0.172. The lowest BCUT2D eigenvalue weighted by molar-refractivity contribution is 0.611. The number of rotatable bonds is 3. The quantitative estimate of drug-likeness (QED) is 0.782. The predicted octanol–water partition coefficient (Wildman–Crippen LogP) is 4.32. The third-order valence-corrected chi connectivity index (χ3v) is 2.90. The highest BCUT2D eigenvalue weighted by Gasteiger charge is 2.09. The molecule has 0 unspecified atom stereocenters. The van der Waals surface area contributed by atoms with Crippen LogP contribution in [-0.2, 0) is 6.42 Å². The van der Waals surface area contributed by atoms with E-state index in [4.69, 9.17) is 5.26 Å². The zero-order valence-electron chi connectivity index (χ0n) is 10.3. The van der Waals surface area contributed by atoms with Crippen LogP contribution in [0.1, 0.15) is 24.5 Å². The molecule has 2 aromatic rings. The van der Waals surface area contributed by atoms with Gasteiger partial charge in [0.2, 0.25) is 0 Å². The van der Waals surface area contributed by atoms with Crippen LogP contribution in [0.2, 0.25) is 0 Å². The molecule has 0 N–H and O–H groups in total. The standard InChI is InChI=1S/C16H14FN/c1-2-5-13-7-4-9-15(16(13)17)14-8-3-6-12(10-14)11-18/h3-4,6-10H,2,5H2,1H3. The lowest BCUT2D eigenvalue weighted by Crippen LogP contribution is -1.93. The summed E-state index contributed by atoms with van der Waals surface area (Å²) < 4.78 is 14.3. The first-order chi connectivity index (χ1) is 8.76. The fraction of sp³-hybridized carbons (Fsp3) is 0.188. The Balaban J connectivity index is 2.50. The van der Waals surface area contributed by atoms with Crippen molar-refractivity contribution in [2.24, 2.45) is 0 Å². The van der Waals surface area contributed by atoms with Crippen LogP contribution in [0.15, 0.2) is 42.5 Å². The Morgan fingerprint density at radius 2 is 1.94 bits per heavy atom. The Hall–Kier alpha value is -2.14. The molecule has 2 aromatic carbocycles. The van der Waals surface area contributed by atoms with Gasteiger partial charge in [-0.25, -0.2) is 4.39 Å². The second-order valence-electron chi connectivity index (χ2n) is 4.22. The van der Waals surface area contributed by atoms with Gasteiger partial charge in [-0.05, 0) is 29.7 Å². The van der Waals surface area contributed by atoms with Crippen LogP contribution in [0, 0.1) is 17.1 Å². The van der Waals surface area contributed by atoms with Crippen LogP contribution >= 0.6 is 0 Å². The summed E-state index contributed by atoms with van der Waals surface area (Å²) in [6, 6.07) is 14.6. The molecule has 0 radical (unpaired) electrons. The summed E-state index contributed by atoms with van der Waals surface area (Å²) in [4.78, 5) is 0. The number of hydrogen-bond donors (Lipinski definition) is 0. The molecule has 0 aliphatic carbocycles. The lowest BCUT2D eigenvalue weighted by atomic mass is 9.99. The molecular weight excluding hydrogens is 225 g/mol. The van der Waals surface area contributed by atoms with Crippen molar-refractivity contribution in [1.29, 1.82) is 5.26 Å². The summed E-state index contributed by atoms with van der Waals surface area (Å²) in [5, 5.41) is 8.87. The van der Waals surface area contributed by atoms with E-state index in [-0.39, 0.29) is 5.82 Å². The average Bonchev–Trinajstić information content (AvgIpc) is 2.41. The first kappa shape index (κ1) is 12.3. The number of nitrogens with zero attached hydrogens (tertiary/aromatic N) is 1. The second-order valence-corrected chi connectivity index (χ2v) is 4.22. The molecular formula is C16H14FN. The third kappa shape index (κ3) is 2.41. The maximum absolute atomic E-state index is 14.3. The number of halogens is 1. The van der Waals surface area contributed by atoms with Gasteiger partial charge in [-0.2, -0.15) is 5.26 Å². The van der Waals surface area contributed by atoms with E-state index in [1.807, 2.05) is 25.1 Å². The Labute approximate surface area is 107 Å². The fourth-order valence-electron chi connectivity index (χ4n) is 2.02. The van der Waals surface area contributed by atoms with Gasteiger partial charge < -0.3 is 0 Å². The average molecular weight is 239 g/mol. The van der Waals surface area contributed by atoms with Gasteiger partial charge in [-0.1, -0.05) is 43.7 Å². The van der Waals surface area contributed by atoms with Crippen molar-refractivity contribution in [3.05, 3.63) is 59.4 Å². The molecule has 0 aromatic heterocycles. The van der Waals surface area contributed by atoms with Crippen molar-refractivity contribution in [3.8, 4) is 17.2 Å². The molecule has 0 heterocycles. The van der Waals surface area contributed by atoms with Gasteiger partial charge in [-0.3, -0.25) is 0 Å². The van der Waals surface area contributed by atoms with Crippen molar-refractivity contribution in [3.63, 3.8) is 0 Å². The number of aryl methyl sites for hydroxylation is 1. The van der Waals surface area contributed by atoms with E-state index in [1.165, 1.54) is 0 Å². The van der Waals surface area contributed by atoms with E-state index in [0.717, 1.165) is 24.0 Å². The molecule has 0 spiro atoms. The molecule has 1 nitrogen and oxygen atoms in total. The number of hydrogen-bond acceptors (Lipinski definition) is 1. The van der Waals surface area contributed by atoms with Gasteiger partial charge in [0.1, 0.15) is 5.82 Å². The van der Waals surface area contributed by atoms with E-state index in [1.54, 1.807) is 24.3 Å². The molecule has 0 aliphatic rings. The predicted molar refractivity (Wildman–Crippen MR) is 70.5 cm³/mol. The van der Waals surface area contributed by atoms with E-state index >= 15 is 0 Å². The van der Waals surface area contributed by atoms with Crippen molar-refractivity contribution in [2.45, 2.75) is 19.8 Å². The van der Waals surface area contributed by atoms with Gasteiger partial charge in [0.15, 0.2) is 0 Å². The van der Waals surface area contributed by atoms with Gasteiger partial charge >= 0.3 is 0 Å². The van der Waals surface area contributed by atoms with E-state index in [0.29, 0.717) is 11.1 Å². The molecule has 0 aliphatic heterocycles.